The van der Waals surface area contributed by atoms with Gasteiger partial charge in [-0.1, -0.05) is 47.6 Å². The highest BCUT2D eigenvalue weighted by molar-refractivity contribution is 6.01. The fraction of sp³-hybridized carbons (Fsp3) is 0.167. The molecular weight excluding hydrogens is 382 g/mol. The monoisotopic (exact) mass is 405 g/mol. The average molecular weight is 405 g/mol. The van der Waals surface area contributed by atoms with Crippen LogP contribution >= 0.6 is 0 Å². The van der Waals surface area contributed by atoms with Gasteiger partial charge in [0, 0.05) is 11.6 Å². The Balaban J connectivity index is 1.57. The van der Waals surface area contributed by atoms with Gasteiger partial charge in [0.25, 0.3) is 0 Å². The summed E-state index contributed by atoms with van der Waals surface area (Å²) in [5.74, 6) is 1.83. The maximum absolute atomic E-state index is 11.0. The van der Waals surface area contributed by atoms with Crippen molar-refractivity contribution in [1.29, 1.82) is 0 Å². The minimum Gasteiger partial charge on any atom is -0.496 e. The molecule has 0 aromatic heterocycles. The first kappa shape index (κ1) is 20.9. The Morgan fingerprint density at radius 3 is 2.30 bits per heavy atom. The van der Waals surface area contributed by atoms with Crippen molar-refractivity contribution >= 4 is 12.0 Å². The lowest BCUT2D eigenvalue weighted by molar-refractivity contribution is 0.112. The summed E-state index contributed by atoms with van der Waals surface area (Å²) in [6, 6.07) is 22.5. The van der Waals surface area contributed by atoms with Crippen LogP contribution in [0.15, 0.2) is 78.0 Å². The molecule has 0 aliphatic rings. The number of methoxy groups -OCH3 is 1. The minimum absolute atomic E-state index is 0.288. The SMILES string of the molecule is CO/N=C(\COc1ccc(COc2ccc(C=O)c(OC)c2)cc1)c1ccccc1. The second-order valence-electron chi connectivity index (χ2n) is 6.33. The lowest BCUT2D eigenvalue weighted by Gasteiger charge is -2.11. The molecule has 0 aliphatic heterocycles. The van der Waals surface area contributed by atoms with Gasteiger partial charge in [-0.2, -0.15) is 0 Å². The van der Waals surface area contributed by atoms with Gasteiger partial charge in [-0.25, -0.2) is 0 Å². The van der Waals surface area contributed by atoms with E-state index in [2.05, 4.69) is 5.16 Å². The summed E-state index contributed by atoms with van der Waals surface area (Å²) in [6.07, 6.45) is 0.752. The van der Waals surface area contributed by atoms with Gasteiger partial charge in [-0.05, 0) is 29.8 Å². The van der Waals surface area contributed by atoms with E-state index in [-0.39, 0.29) is 6.61 Å². The first-order chi connectivity index (χ1) is 14.7. The molecule has 0 saturated heterocycles. The standard InChI is InChI=1S/C24H23NO5/c1-27-24-14-22(13-10-20(24)15-26)29-16-18-8-11-21(12-9-18)30-17-23(25-28-2)19-6-4-3-5-7-19/h3-15H,16-17H2,1-2H3/b25-23+. The van der Waals surface area contributed by atoms with E-state index in [0.29, 0.717) is 29.4 Å². The lowest BCUT2D eigenvalue weighted by Crippen LogP contribution is -2.13. The highest BCUT2D eigenvalue weighted by atomic mass is 16.6. The molecule has 3 rings (SSSR count). The van der Waals surface area contributed by atoms with Crippen molar-refractivity contribution < 1.29 is 23.8 Å². The Labute approximate surface area is 175 Å². The molecule has 0 bridgehead atoms. The third-order valence-electron chi connectivity index (χ3n) is 4.34. The fourth-order valence-electron chi connectivity index (χ4n) is 2.78. The molecular formula is C24H23NO5. The highest BCUT2D eigenvalue weighted by Crippen LogP contribution is 2.24. The van der Waals surface area contributed by atoms with Crippen LogP contribution in [0.4, 0.5) is 0 Å². The Morgan fingerprint density at radius 2 is 1.63 bits per heavy atom. The van der Waals surface area contributed by atoms with Crippen molar-refractivity contribution in [3.8, 4) is 17.2 Å². The molecule has 0 heterocycles. The van der Waals surface area contributed by atoms with Crippen LogP contribution in [0.5, 0.6) is 17.2 Å². The molecule has 6 heteroatoms. The summed E-state index contributed by atoms with van der Waals surface area (Å²) in [5.41, 5.74) is 3.12. The summed E-state index contributed by atoms with van der Waals surface area (Å²) in [4.78, 5) is 15.9. The number of benzene rings is 3. The number of carbonyl (C=O) groups excluding carboxylic acids is 1. The number of ether oxygens (including phenoxy) is 3. The third-order valence-corrected chi connectivity index (χ3v) is 4.34. The molecule has 0 amide bonds. The maximum atomic E-state index is 11.0. The van der Waals surface area contributed by atoms with Crippen molar-refractivity contribution in [2.24, 2.45) is 5.16 Å². The number of oxime groups is 1. The first-order valence-electron chi connectivity index (χ1n) is 9.36. The number of nitrogens with zero attached hydrogens (tertiary/aromatic N) is 1. The van der Waals surface area contributed by atoms with Crippen molar-refractivity contribution in [3.05, 3.63) is 89.5 Å². The first-order valence-corrected chi connectivity index (χ1v) is 9.36. The predicted octanol–water partition coefficient (Wildman–Crippen LogP) is 4.52. The van der Waals surface area contributed by atoms with Crippen LogP contribution in [0.1, 0.15) is 21.5 Å². The summed E-state index contributed by atoms with van der Waals surface area (Å²) in [7, 11) is 3.03. The van der Waals surface area contributed by atoms with Crippen LogP contribution in [0.2, 0.25) is 0 Å². The van der Waals surface area contributed by atoms with Gasteiger partial charge in [0.1, 0.15) is 43.3 Å². The molecule has 0 saturated carbocycles. The van der Waals surface area contributed by atoms with Gasteiger partial charge in [0.2, 0.25) is 0 Å². The molecule has 0 atom stereocenters. The molecule has 6 nitrogen and oxygen atoms in total. The van der Waals surface area contributed by atoms with Gasteiger partial charge >= 0.3 is 0 Å². The Hall–Kier alpha value is -3.80. The Kier molecular flexibility index (Phi) is 7.44. The number of carbonyl (C=O) groups is 1. The highest BCUT2D eigenvalue weighted by Gasteiger charge is 2.07. The van der Waals surface area contributed by atoms with E-state index < -0.39 is 0 Å². The normalized spacial score (nSPS) is 10.9. The van der Waals surface area contributed by atoms with E-state index in [9.17, 15) is 4.79 Å². The second-order valence-corrected chi connectivity index (χ2v) is 6.33. The van der Waals surface area contributed by atoms with E-state index in [1.165, 1.54) is 14.2 Å². The minimum atomic E-state index is 0.288. The summed E-state index contributed by atoms with van der Waals surface area (Å²) in [6.45, 7) is 0.668. The van der Waals surface area contributed by atoms with Crippen LogP contribution in [-0.2, 0) is 11.4 Å². The van der Waals surface area contributed by atoms with E-state index in [1.54, 1.807) is 18.2 Å². The average Bonchev–Trinajstić information content (AvgIpc) is 2.81. The number of aldehydes is 1. The van der Waals surface area contributed by atoms with Crippen molar-refractivity contribution in [2.75, 3.05) is 20.8 Å². The Bertz CT molecular complexity index is 984. The number of rotatable bonds is 10. The molecule has 3 aromatic carbocycles. The van der Waals surface area contributed by atoms with Gasteiger partial charge in [0.15, 0.2) is 6.29 Å². The van der Waals surface area contributed by atoms with Crippen LogP contribution < -0.4 is 14.2 Å². The molecule has 0 fully saturated rings. The van der Waals surface area contributed by atoms with Gasteiger partial charge in [0.05, 0.1) is 12.7 Å². The van der Waals surface area contributed by atoms with Gasteiger partial charge in [-0.3, -0.25) is 4.79 Å². The van der Waals surface area contributed by atoms with E-state index >= 15 is 0 Å². The predicted molar refractivity (Wildman–Crippen MR) is 115 cm³/mol. The third kappa shape index (κ3) is 5.61. The van der Waals surface area contributed by atoms with Crippen LogP contribution in [0.3, 0.4) is 0 Å². The molecule has 30 heavy (non-hydrogen) atoms. The smallest absolute Gasteiger partial charge is 0.153 e. The fourth-order valence-corrected chi connectivity index (χ4v) is 2.78. The molecule has 0 spiro atoms. The quantitative estimate of drug-likeness (QED) is 0.282. The van der Waals surface area contributed by atoms with Crippen molar-refractivity contribution in [2.45, 2.75) is 6.61 Å². The molecule has 0 aliphatic carbocycles. The topological polar surface area (TPSA) is 66.3 Å². The van der Waals surface area contributed by atoms with E-state index in [0.717, 1.165) is 23.2 Å². The molecule has 154 valence electrons. The van der Waals surface area contributed by atoms with E-state index in [4.69, 9.17) is 19.0 Å². The van der Waals surface area contributed by atoms with Gasteiger partial charge in [-0.15, -0.1) is 0 Å². The zero-order valence-electron chi connectivity index (χ0n) is 16.9. The zero-order valence-corrected chi connectivity index (χ0v) is 16.9. The van der Waals surface area contributed by atoms with Crippen LogP contribution in [0.25, 0.3) is 0 Å². The zero-order chi connectivity index (χ0) is 21.2. The summed E-state index contributed by atoms with van der Waals surface area (Å²) >= 11 is 0. The van der Waals surface area contributed by atoms with Crippen LogP contribution in [0, 0.1) is 0 Å². The van der Waals surface area contributed by atoms with E-state index in [1.807, 2.05) is 54.6 Å². The molecule has 3 aromatic rings. The van der Waals surface area contributed by atoms with Crippen molar-refractivity contribution in [3.63, 3.8) is 0 Å². The van der Waals surface area contributed by atoms with Crippen molar-refractivity contribution in [1.82, 2.24) is 0 Å². The molecule has 0 N–H and O–H groups in total. The number of hydrogen-bond donors (Lipinski definition) is 0. The largest absolute Gasteiger partial charge is 0.496 e. The lowest BCUT2D eigenvalue weighted by atomic mass is 10.1. The maximum Gasteiger partial charge on any atom is 0.153 e. The van der Waals surface area contributed by atoms with Gasteiger partial charge < -0.3 is 19.0 Å². The second kappa shape index (κ2) is 10.7. The molecule has 0 unspecified atom stereocenters. The summed E-state index contributed by atoms with van der Waals surface area (Å²) < 4.78 is 16.8. The molecule has 0 radical (unpaired) electrons. The number of hydrogen-bond acceptors (Lipinski definition) is 6. The Morgan fingerprint density at radius 1 is 0.900 bits per heavy atom. The summed E-state index contributed by atoms with van der Waals surface area (Å²) in [5, 5.41) is 4.06. The van der Waals surface area contributed by atoms with Crippen LogP contribution in [-0.4, -0.2) is 32.8 Å².